The van der Waals surface area contributed by atoms with Gasteiger partial charge in [-0.25, -0.2) is 0 Å². The molecule has 0 saturated heterocycles. The van der Waals surface area contributed by atoms with Crippen LogP contribution in [-0.2, 0) is 9.53 Å². The summed E-state index contributed by atoms with van der Waals surface area (Å²) < 4.78 is 4.40. The summed E-state index contributed by atoms with van der Waals surface area (Å²) in [5.41, 5.74) is 0. The first kappa shape index (κ1) is 29.4. The van der Waals surface area contributed by atoms with Crippen LogP contribution in [0, 0.1) is 0 Å². The third-order valence-electron chi connectivity index (χ3n) is 0.348. The Labute approximate surface area is 87.0 Å². The molecule has 0 radical (unpaired) electrons. The maximum atomic E-state index is 9.82. The number of hydrogen-bond donors (Lipinski definition) is 2. The zero-order chi connectivity index (χ0) is 9.70. The van der Waals surface area contributed by atoms with Crippen molar-refractivity contribution in [2.45, 2.75) is 35.6 Å². The Hall–Kier alpha value is -0.610. The predicted molar refractivity (Wildman–Crippen MR) is 63.0 cm³/mol. The molecule has 2 N–H and O–H groups in total. The summed E-state index contributed by atoms with van der Waals surface area (Å²) in [7, 11) is 1.00. The van der Waals surface area contributed by atoms with Gasteiger partial charge in [-0.2, -0.15) is 0 Å². The zero-order valence-corrected chi connectivity index (χ0v) is 7.63. The van der Waals surface area contributed by atoms with Crippen molar-refractivity contribution in [2.75, 3.05) is 20.3 Å². The highest BCUT2D eigenvalue weighted by molar-refractivity contribution is 5.65. The Morgan fingerprint density at radius 1 is 1.31 bits per heavy atom. The number of rotatable bonds is 1. The maximum Gasteiger partial charge on any atom is 0.302 e. The molecule has 0 atom stereocenters. The first-order valence-corrected chi connectivity index (χ1v) is 3.37. The number of aliphatic hydroxyl groups is 2. The van der Waals surface area contributed by atoms with Crippen LogP contribution >= 0.6 is 0 Å². The molecule has 92 valence electrons. The van der Waals surface area contributed by atoms with E-state index in [1.165, 1.54) is 6.92 Å². The zero-order valence-electron chi connectivity index (χ0n) is 7.63. The number of hydrogen-bond acceptors (Lipinski definition) is 4. The number of ether oxygens (including phenoxy) is 1. The van der Waals surface area contributed by atoms with Crippen LogP contribution in [0.25, 0.3) is 0 Å². The van der Waals surface area contributed by atoms with Crippen LogP contribution in [-0.4, -0.2) is 36.5 Å². The van der Waals surface area contributed by atoms with E-state index in [0.29, 0.717) is 6.61 Å². The van der Waals surface area contributed by atoms with Crippen molar-refractivity contribution in [1.29, 1.82) is 0 Å². The van der Waals surface area contributed by atoms with Crippen molar-refractivity contribution in [1.82, 2.24) is 0 Å². The molecule has 0 aliphatic heterocycles. The van der Waals surface area contributed by atoms with Gasteiger partial charge in [0.2, 0.25) is 0 Å². The van der Waals surface area contributed by atoms with E-state index < -0.39 is 0 Å². The second kappa shape index (κ2) is 42.3. The molecule has 0 aliphatic carbocycles. The first-order chi connectivity index (χ1) is 5.18. The van der Waals surface area contributed by atoms with Crippen molar-refractivity contribution < 1.29 is 24.0 Å². The maximum absolute atomic E-state index is 9.82. The van der Waals surface area contributed by atoms with Crippen LogP contribution in [0.15, 0.2) is 0 Å². The Balaban J connectivity index is -0.00000000967. The highest BCUT2D eigenvalue weighted by Gasteiger charge is 1.81. The number of carbonyl (C=O) groups excluding carboxylic acids is 1. The van der Waals surface area contributed by atoms with Gasteiger partial charge < -0.3 is 14.9 Å². The molecular formula is C9H32O4. The molecule has 0 aliphatic rings. The average molecular weight is 204 g/mol. The average Bonchev–Trinajstić information content (AvgIpc) is 1.93. The van der Waals surface area contributed by atoms with Gasteiger partial charge in [-0.15, -0.1) is 0 Å². The largest absolute Gasteiger partial charge is 0.466 e. The molecular weight excluding hydrogens is 172 g/mol. The molecule has 0 aromatic carbocycles. The minimum Gasteiger partial charge on any atom is -0.466 e. The monoisotopic (exact) mass is 204 g/mol. The highest BCUT2D eigenvalue weighted by atomic mass is 16.5. The fourth-order valence-electron chi connectivity index (χ4n) is 0.203. The second-order valence-electron chi connectivity index (χ2n) is 1.24. The first-order valence-electron chi connectivity index (χ1n) is 3.37. The Bertz CT molecular complexity index is 75.8. The van der Waals surface area contributed by atoms with Crippen LogP contribution in [0.1, 0.15) is 39.9 Å². The third kappa shape index (κ3) is 176. The smallest absolute Gasteiger partial charge is 0.302 e. The van der Waals surface area contributed by atoms with E-state index >= 15 is 0 Å². The number of carbonyl (C=O) groups is 1. The lowest BCUT2D eigenvalue weighted by atomic mass is 10.8. The normalized spacial score (nSPS) is 5.38. The van der Waals surface area contributed by atoms with E-state index in [4.69, 9.17) is 10.2 Å². The third-order valence-corrected chi connectivity index (χ3v) is 0.348. The van der Waals surface area contributed by atoms with E-state index in [-0.39, 0.29) is 31.7 Å². The fraction of sp³-hybridized carbons (Fsp3) is 0.889. The van der Waals surface area contributed by atoms with E-state index in [2.05, 4.69) is 4.74 Å². The van der Waals surface area contributed by atoms with Crippen molar-refractivity contribution in [3.8, 4) is 0 Å². The molecule has 0 spiro atoms. The van der Waals surface area contributed by atoms with Crippen molar-refractivity contribution >= 4 is 5.97 Å². The van der Waals surface area contributed by atoms with Gasteiger partial charge in [-0.1, -0.05) is 14.9 Å². The van der Waals surface area contributed by atoms with E-state index in [1.54, 1.807) is 13.8 Å². The van der Waals surface area contributed by atoms with Gasteiger partial charge in [0.1, 0.15) is 0 Å². The van der Waals surface area contributed by atoms with Crippen LogP contribution in [0.5, 0.6) is 0 Å². The van der Waals surface area contributed by atoms with Gasteiger partial charge in [-0.3, -0.25) is 4.79 Å². The van der Waals surface area contributed by atoms with Gasteiger partial charge >= 0.3 is 5.97 Å². The van der Waals surface area contributed by atoms with E-state index in [0.717, 1.165) is 7.11 Å². The van der Waals surface area contributed by atoms with Gasteiger partial charge in [0, 0.05) is 24.9 Å². The van der Waals surface area contributed by atoms with Crippen molar-refractivity contribution in [3.05, 3.63) is 0 Å². The summed E-state index contributed by atoms with van der Waals surface area (Å²) >= 11 is 0. The van der Waals surface area contributed by atoms with Crippen LogP contribution in [0.3, 0.4) is 0 Å². The molecule has 0 amide bonds. The molecule has 0 rings (SSSR count). The summed E-state index contributed by atoms with van der Waals surface area (Å²) in [5, 5.41) is 14.6. The van der Waals surface area contributed by atoms with Gasteiger partial charge in [0.25, 0.3) is 0 Å². The summed E-state index contributed by atoms with van der Waals surface area (Å²) in [5.74, 6) is -0.211. The Morgan fingerprint density at radius 2 is 1.54 bits per heavy atom. The van der Waals surface area contributed by atoms with Crippen molar-refractivity contribution in [2.24, 2.45) is 0 Å². The minimum atomic E-state index is -0.211. The molecule has 4 heteroatoms. The standard InChI is InChI=1S/C4H8O2.C2H6O.CH4O.2CH4.3H2/c1-3-6-4(2)5;1-2-3;1-2;;;;;/h3H2,1-2H3;3H,2H2,1H3;2H,1H3;2*1H4;3*1H. The second-order valence-corrected chi connectivity index (χ2v) is 1.24. The summed E-state index contributed by atoms with van der Waals surface area (Å²) in [6.07, 6.45) is 0. The summed E-state index contributed by atoms with van der Waals surface area (Å²) in [6, 6.07) is 0. The van der Waals surface area contributed by atoms with Gasteiger partial charge in [0.05, 0.1) is 6.61 Å². The summed E-state index contributed by atoms with van der Waals surface area (Å²) in [4.78, 5) is 9.82. The predicted octanol–water partition coefficient (Wildman–Crippen LogP) is 2.19. The number of aliphatic hydroxyl groups excluding tert-OH is 2. The molecule has 0 fully saturated rings. The Morgan fingerprint density at radius 3 is 1.54 bits per heavy atom. The SMILES string of the molecule is C.C.CCO.CCOC(C)=O.CO.[HH].[HH].[HH]. The topological polar surface area (TPSA) is 66.8 Å². The molecule has 0 heterocycles. The van der Waals surface area contributed by atoms with Crippen LogP contribution in [0.2, 0.25) is 0 Å². The highest BCUT2D eigenvalue weighted by Crippen LogP contribution is 1.69. The van der Waals surface area contributed by atoms with Crippen LogP contribution in [0.4, 0.5) is 0 Å². The Kier molecular flexibility index (Phi) is 95.8. The quantitative estimate of drug-likeness (QED) is 0.642. The van der Waals surface area contributed by atoms with Gasteiger partial charge in [-0.05, 0) is 13.8 Å². The van der Waals surface area contributed by atoms with E-state index in [1.807, 2.05) is 0 Å². The van der Waals surface area contributed by atoms with E-state index in [9.17, 15) is 4.79 Å². The number of esters is 1. The lowest BCUT2D eigenvalue weighted by Crippen LogP contribution is -1.95. The minimum absolute atomic E-state index is 0. The molecule has 0 aromatic heterocycles. The molecule has 0 aromatic rings. The molecule has 13 heavy (non-hydrogen) atoms. The lowest BCUT2D eigenvalue weighted by molar-refractivity contribution is -0.140. The van der Waals surface area contributed by atoms with Crippen molar-refractivity contribution in [3.63, 3.8) is 0 Å². The molecule has 0 bridgehead atoms. The molecule has 4 nitrogen and oxygen atoms in total. The fourth-order valence-corrected chi connectivity index (χ4v) is 0.203. The lowest BCUT2D eigenvalue weighted by Gasteiger charge is -1.89. The van der Waals surface area contributed by atoms with Gasteiger partial charge in [0.15, 0.2) is 0 Å². The summed E-state index contributed by atoms with van der Waals surface area (Å²) in [6.45, 7) is 5.58. The molecule has 0 saturated carbocycles. The van der Waals surface area contributed by atoms with Crippen LogP contribution < -0.4 is 0 Å². The molecule has 0 unspecified atom stereocenters.